The van der Waals surface area contributed by atoms with Crippen molar-refractivity contribution >= 4 is 0 Å². The van der Waals surface area contributed by atoms with Crippen LogP contribution in [0.15, 0.2) is 0 Å². The van der Waals surface area contributed by atoms with Crippen LogP contribution in [0.2, 0.25) is 0 Å². The van der Waals surface area contributed by atoms with Gasteiger partial charge in [0.2, 0.25) is 0 Å². The van der Waals surface area contributed by atoms with Gasteiger partial charge in [0, 0.05) is 12.6 Å². The maximum absolute atomic E-state index is 5.93. The lowest BCUT2D eigenvalue weighted by molar-refractivity contribution is 0.0319. The van der Waals surface area contributed by atoms with Gasteiger partial charge in [-0.3, -0.25) is 0 Å². The van der Waals surface area contributed by atoms with Crippen molar-refractivity contribution in [2.45, 2.75) is 78.9 Å². The van der Waals surface area contributed by atoms with Crippen LogP contribution in [-0.2, 0) is 4.74 Å². The summed E-state index contributed by atoms with van der Waals surface area (Å²) in [6, 6.07) is 0.579. The van der Waals surface area contributed by atoms with Crippen LogP contribution < -0.4 is 5.32 Å². The third-order valence-corrected chi connectivity index (χ3v) is 3.26. The second kappa shape index (κ2) is 11.0. The lowest BCUT2D eigenvalue weighted by Crippen LogP contribution is -2.27. The summed E-state index contributed by atoms with van der Waals surface area (Å²) in [5.41, 5.74) is 0. The van der Waals surface area contributed by atoms with E-state index in [9.17, 15) is 0 Å². The Morgan fingerprint density at radius 1 is 1.06 bits per heavy atom. The Hall–Kier alpha value is -0.0800. The zero-order chi connectivity index (χ0) is 13.1. The summed E-state index contributed by atoms with van der Waals surface area (Å²) in [7, 11) is 0. The SMILES string of the molecule is CCCCC(CC)COC(C)CCNC(C)C. The number of hydrogen-bond donors (Lipinski definition) is 1. The molecule has 104 valence electrons. The molecule has 0 radical (unpaired) electrons. The molecule has 1 N–H and O–H groups in total. The van der Waals surface area contributed by atoms with Gasteiger partial charge in [-0.25, -0.2) is 0 Å². The minimum absolute atomic E-state index is 0.386. The second-order valence-electron chi connectivity index (χ2n) is 5.46. The first-order valence-electron chi connectivity index (χ1n) is 7.45. The first kappa shape index (κ1) is 16.9. The van der Waals surface area contributed by atoms with Crippen molar-refractivity contribution in [3.05, 3.63) is 0 Å². The smallest absolute Gasteiger partial charge is 0.0559 e. The average molecular weight is 243 g/mol. The van der Waals surface area contributed by atoms with Gasteiger partial charge in [0.05, 0.1) is 6.10 Å². The number of nitrogens with one attached hydrogen (secondary N) is 1. The molecule has 0 heterocycles. The summed E-state index contributed by atoms with van der Waals surface area (Å²) < 4.78 is 5.93. The number of ether oxygens (including phenoxy) is 1. The van der Waals surface area contributed by atoms with E-state index in [2.05, 4.69) is 39.9 Å². The van der Waals surface area contributed by atoms with Crippen LogP contribution in [0.5, 0.6) is 0 Å². The number of unbranched alkanes of at least 4 members (excludes halogenated alkanes) is 1. The summed E-state index contributed by atoms with van der Waals surface area (Å²) in [6.07, 6.45) is 6.70. The number of rotatable bonds is 11. The van der Waals surface area contributed by atoms with Gasteiger partial charge in [-0.05, 0) is 32.2 Å². The largest absolute Gasteiger partial charge is 0.378 e. The fourth-order valence-electron chi connectivity index (χ4n) is 1.86. The number of hydrogen-bond acceptors (Lipinski definition) is 2. The van der Waals surface area contributed by atoms with Crippen molar-refractivity contribution in [3.8, 4) is 0 Å². The Labute approximate surface area is 109 Å². The zero-order valence-electron chi connectivity index (χ0n) is 12.6. The highest BCUT2D eigenvalue weighted by atomic mass is 16.5. The van der Waals surface area contributed by atoms with Gasteiger partial charge in [-0.2, -0.15) is 0 Å². The van der Waals surface area contributed by atoms with E-state index in [-0.39, 0.29) is 0 Å². The summed E-state index contributed by atoms with van der Waals surface area (Å²) >= 11 is 0. The van der Waals surface area contributed by atoms with Crippen LogP contribution in [0.1, 0.15) is 66.7 Å². The molecule has 0 aromatic carbocycles. The van der Waals surface area contributed by atoms with Crippen LogP contribution in [-0.4, -0.2) is 25.3 Å². The third kappa shape index (κ3) is 10.8. The highest BCUT2D eigenvalue weighted by Crippen LogP contribution is 2.14. The van der Waals surface area contributed by atoms with Gasteiger partial charge in [-0.1, -0.05) is 47.0 Å². The monoisotopic (exact) mass is 243 g/mol. The van der Waals surface area contributed by atoms with Crippen LogP contribution >= 0.6 is 0 Å². The standard InChI is InChI=1S/C15H33NO/c1-6-8-9-15(7-2)12-17-14(5)10-11-16-13(3)4/h13-16H,6-12H2,1-5H3. The minimum atomic E-state index is 0.386. The first-order chi connectivity index (χ1) is 8.10. The van der Waals surface area contributed by atoms with Gasteiger partial charge in [-0.15, -0.1) is 0 Å². The van der Waals surface area contributed by atoms with Gasteiger partial charge in [0.1, 0.15) is 0 Å². The van der Waals surface area contributed by atoms with Gasteiger partial charge >= 0.3 is 0 Å². The Balaban J connectivity index is 3.55. The van der Waals surface area contributed by atoms with Crippen molar-refractivity contribution in [3.63, 3.8) is 0 Å². The molecule has 2 unspecified atom stereocenters. The Kier molecular flexibility index (Phi) is 11.0. The quantitative estimate of drug-likeness (QED) is 0.592. The summed E-state index contributed by atoms with van der Waals surface area (Å²) in [6.45, 7) is 13.1. The van der Waals surface area contributed by atoms with E-state index in [0.29, 0.717) is 12.1 Å². The molecule has 0 saturated carbocycles. The fourth-order valence-corrected chi connectivity index (χ4v) is 1.86. The molecule has 0 spiro atoms. The lowest BCUT2D eigenvalue weighted by Gasteiger charge is -2.19. The van der Waals surface area contributed by atoms with Crippen molar-refractivity contribution < 1.29 is 4.74 Å². The third-order valence-electron chi connectivity index (χ3n) is 3.26. The maximum atomic E-state index is 5.93. The van der Waals surface area contributed by atoms with Crippen LogP contribution in [0.3, 0.4) is 0 Å². The van der Waals surface area contributed by atoms with E-state index in [1.54, 1.807) is 0 Å². The van der Waals surface area contributed by atoms with E-state index < -0.39 is 0 Å². The molecular formula is C15H33NO. The average Bonchev–Trinajstić information content (AvgIpc) is 2.29. The summed E-state index contributed by atoms with van der Waals surface area (Å²) in [5.74, 6) is 0.760. The van der Waals surface area contributed by atoms with Crippen LogP contribution in [0.25, 0.3) is 0 Å². The molecule has 0 aromatic heterocycles. The molecule has 0 aliphatic carbocycles. The van der Waals surface area contributed by atoms with Crippen molar-refractivity contribution in [2.75, 3.05) is 13.2 Å². The maximum Gasteiger partial charge on any atom is 0.0559 e. The summed E-state index contributed by atoms with van der Waals surface area (Å²) in [4.78, 5) is 0. The van der Waals surface area contributed by atoms with Crippen LogP contribution in [0, 0.1) is 5.92 Å². The molecule has 2 atom stereocenters. The molecule has 0 amide bonds. The highest BCUT2D eigenvalue weighted by molar-refractivity contribution is 4.60. The Morgan fingerprint density at radius 2 is 1.76 bits per heavy atom. The predicted molar refractivity (Wildman–Crippen MR) is 76.5 cm³/mol. The topological polar surface area (TPSA) is 21.3 Å². The Morgan fingerprint density at radius 3 is 2.29 bits per heavy atom. The summed E-state index contributed by atoms with van der Waals surface area (Å²) in [5, 5.41) is 3.43. The molecular weight excluding hydrogens is 210 g/mol. The van der Waals surface area contributed by atoms with E-state index in [1.165, 1.54) is 25.7 Å². The molecule has 0 bridgehead atoms. The van der Waals surface area contributed by atoms with E-state index >= 15 is 0 Å². The lowest BCUT2D eigenvalue weighted by atomic mass is 10.0. The molecule has 17 heavy (non-hydrogen) atoms. The highest BCUT2D eigenvalue weighted by Gasteiger charge is 2.09. The molecule has 2 nitrogen and oxygen atoms in total. The van der Waals surface area contributed by atoms with E-state index in [0.717, 1.165) is 25.5 Å². The molecule has 2 heteroatoms. The molecule has 0 fully saturated rings. The van der Waals surface area contributed by atoms with Gasteiger partial charge in [0.15, 0.2) is 0 Å². The normalized spacial score (nSPS) is 15.2. The Bertz CT molecular complexity index is 159. The first-order valence-corrected chi connectivity index (χ1v) is 7.45. The van der Waals surface area contributed by atoms with Crippen molar-refractivity contribution in [2.24, 2.45) is 5.92 Å². The van der Waals surface area contributed by atoms with E-state index in [4.69, 9.17) is 4.74 Å². The van der Waals surface area contributed by atoms with Gasteiger partial charge in [0.25, 0.3) is 0 Å². The van der Waals surface area contributed by atoms with E-state index in [1.807, 2.05) is 0 Å². The fraction of sp³-hybridized carbons (Fsp3) is 1.00. The van der Waals surface area contributed by atoms with Crippen LogP contribution in [0.4, 0.5) is 0 Å². The minimum Gasteiger partial charge on any atom is -0.378 e. The molecule has 0 aliphatic rings. The molecule has 0 rings (SSSR count). The molecule has 0 aliphatic heterocycles. The van der Waals surface area contributed by atoms with Crippen molar-refractivity contribution in [1.29, 1.82) is 0 Å². The second-order valence-corrected chi connectivity index (χ2v) is 5.46. The predicted octanol–water partition coefficient (Wildman–Crippen LogP) is 4.00. The zero-order valence-corrected chi connectivity index (χ0v) is 12.6. The van der Waals surface area contributed by atoms with Crippen molar-refractivity contribution in [1.82, 2.24) is 5.32 Å². The van der Waals surface area contributed by atoms with Gasteiger partial charge < -0.3 is 10.1 Å². The molecule has 0 saturated heterocycles. The molecule has 0 aromatic rings.